The van der Waals surface area contributed by atoms with Crippen molar-refractivity contribution in [2.75, 3.05) is 36.8 Å². The van der Waals surface area contributed by atoms with Gasteiger partial charge in [0.15, 0.2) is 0 Å². The molecule has 194 valence electrons. The van der Waals surface area contributed by atoms with E-state index in [2.05, 4.69) is 15.6 Å². The summed E-state index contributed by atoms with van der Waals surface area (Å²) in [7, 11) is 0. The second-order valence-electron chi connectivity index (χ2n) is 8.93. The van der Waals surface area contributed by atoms with E-state index in [-0.39, 0.29) is 32.0 Å². The Hall–Kier alpha value is -3.54. The largest absolute Gasteiger partial charge is 0.444 e. The molecule has 0 bridgehead atoms. The van der Waals surface area contributed by atoms with Crippen molar-refractivity contribution in [2.45, 2.75) is 32.5 Å². The number of carbonyl (C=O) groups is 3. The van der Waals surface area contributed by atoms with Gasteiger partial charge in [0, 0.05) is 32.4 Å². The fourth-order valence-electron chi connectivity index (χ4n) is 3.35. The lowest BCUT2D eigenvalue weighted by atomic mass is 10.1. The molecule has 1 saturated heterocycles. The maximum atomic E-state index is 13.7. The summed E-state index contributed by atoms with van der Waals surface area (Å²) < 4.78 is 46.6. The molecular formula is C23H25ClF3N5O4. The molecule has 0 radical (unpaired) electrons. The average Bonchev–Trinajstić information content (AvgIpc) is 2.79. The molecule has 0 aliphatic carbocycles. The lowest BCUT2D eigenvalue weighted by Crippen LogP contribution is -2.52. The predicted molar refractivity (Wildman–Crippen MR) is 127 cm³/mol. The number of amides is 4. The Labute approximate surface area is 210 Å². The molecule has 4 amide bonds. The van der Waals surface area contributed by atoms with Gasteiger partial charge in [-0.05, 0) is 45.0 Å². The monoisotopic (exact) mass is 527 g/mol. The van der Waals surface area contributed by atoms with Crippen LogP contribution in [-0.4, -0.2) is 64.6 Å². The van der Waals surface area contributed by atoms with Gasteiger partial charge in [-0.25, -0.2) is 14.6 Å². The van der Waals surface area contributed by atoms with Crippen molar-refractivity contribution in [2.24, 2.45) is 0 Å². The number of nitrogens with zero attached hydrogens (tertiary/aromatic N) is 3. The summed E-state index contributed by atoms with van der Waals surface area (Å²) in [5, 5.41) is 4.95. The number of hydrogen-bond donors (Lipinski definition) is 2. The van der Waals surface area contributed by atoms with Gasteiger partial charge in [-0.2, -0.15) is 13.2 Å². The van der Waals surface area contributed by atoms with Crippen LogP contribution >= 0.6 is 11.6 Å². The van der Waals surface area contributed by atoms with Crippen LogP contribution in [0.25, 0.3) is 0 Å². The van der Waals surface area contributed by atoms with Crippen LogP contribution in [0.4, 0.5) is 34.3 Å². The van der Waals surface area contributed by atoms with Crippen molar-refractivity contribution in [3.63, 3.8) is 0 Å². The second kappa shape index (κ2) is 10.6. The quantitative estimate of drug-likeness (QED) is 0.578. The minimum atomic E-state index is -4.84. The molecule has 0 saturated carbocycles. The smallest absolute Gasteiger partial charge is 0.418 e. The highest BCUT2D eigenvalue weighted by atomic mass is 35.5. The average molecular weight is 528 g/mol. The number of nitrogens with one attached hydrogen (secondary N) is 2. The molecule has 2 heterocycles. The molecule has 0 unspecified atom stereocenters. The van der Waals surface area contributed by atoms with E-state index < -0.39 is 46.6 Å². The Balaban J connectivity index is 1.77. The van der Waals surface area contributed by atoms with Crippen molar-refractivity contribution in [3.05, 3.63) is 52.7 Å². The van der Waals surface area contributed by atoms with Crippen LogP contribution in [0.15, 0.2) is 36.5 Å². The van der Waals surface area contributed by atoms with Crippen LogP contribution in [0, 0.1) is 0 Å². The summed E-state index contributed by atoms with van der Waals surface area (Å²) in [6.07, 6.45) is -4.12. The molecule has 0 spiro atoms. The number of piperazine rings is 1. The number of alkyl halides is 3. The van der Waals surface area contributed by atoms with E-state index in [1.54, 1.807) is 20.8 Å². The van der Waals surface area contributed by atoms with Crippen molar-refractivity contribution < 1.29 is 32.3 Å². The molecule has 0 atom stereocenters. The van der Waals surface area contributed by atoms with E-state index >= 15 is 0 Å². The summed E-state index contributed by atoms with van der Waals surface area (Å²) in [5.41, 5.74) is -2.95. The van der Waals surface area contributed by atoms with Crippen LogP contribution < -0.4 is 10.6 Å². The van der Waals surface area contributed by atoms with E-state index in [0.29, 0.717) is 5.02 Å². The van der Waals surface area contributed by atoms with Crippen LogP contribution in [0.2, 0.25) is 5.02 Å². The molecule has 1 aromatic carbocycles. The Morgan fingerprint density at radius 3 is 2.17 bits per heavy atom. The molecule has 2 aromatic rings. The normalized spacial score (nSPS) is 14.3. The fourth-order valence-corrected chi connectivity index (χ4v) is 3.46. The first-order valence-electron chi connectivity index (χ1n) is 10.9. The van der Waals surface area contributed by atoms with Gasteiger partial charge in [0.2, 0.25) is 0 Å². The third-order valence-electron chi connectivity index (χ3n) is 5.03. The fraction of sp³-hybridized carbons (Fsp3) is 0.391. The van der Waals surface area contributed by atoms with Gasteiger partial charge in [0.25, 0.3) is 5.91 Å². The molecule has 1 aliphatic heterocycles. The number of ether oxygens (including phenoxy) is 1. The van der Waals surface area contributed by atoms with Crippen molar-refractivity contribution in [1.29, 1.82) is 0 Å². The van der Waals surface area contributed by atoms with Crippen LogP contribution in [0.1, 0.15) is 36.7 Å². The zero-order chi connectivity index (χ0) is 26.7. The van der Waals surface area contributed by atoms with E-state index in [1.807, 2.05) is 0 Å². The first-order chi connectivity index (χ1) is 16.7. The number of carbonyl (C=O) groups excluding carboxylic acids is 3. The molecule has 1 fully saturated rings. The van der Waals surface area contributed by atoms with E-state index in [9.17, 15) is 27.6 Å². The van der Waals surface area contributed by atoms with E-state index in [4.69, 9.17) is 16.3 Å². The number of para-hydroxylation sites is 1. The zero-order valence-electron chi connectivity index (χ0n) is 19.8. The van der Waals surface area contributed by atoms with Gasteiger partial charge in [-0.15, -0.1) is 0 Å². The molecule has 36 heavy (non-hydrogen) atoms. The Bertz CT molecular complexity index is 1130. The van der Waals surface area contributed by atoms with Crippen LogP contribution in [0.5, 0.6) is 0 Å². The van der Waals surface area contributed by atoms with Crippen molar-refractivity contribution in [1.82, 2.24) is 14.8 Å². The van der Waals surface area contributed by atoms with Gasteiger partial charge < -0.3 is 25.2 Å². The first-order valence-corrected chi connectivity index (χ1v) is 11.3. The standard InChI is InChI=1S/C23H25ClF3N5O4/c1-22(2,3)36-21(35)32-11-9-31(10-12-32)20(34)30-18-15(5-4-6-16(18)23(25,26)27)19(33)29-17-8-7-14(24)13-28-17/h4-8,13H,9-12H2,1-3H3,(H,30,34)(H,28,29,33). The summed E-state index contributed by atoms with van der Waals surface area (Å²) in [6, 6.07) is 5.01. The zero-order valence-corrected chi connectivity index (χ0v) is 20.5. The highest BCUT2D eigenvalue weighted by Gasteiger charge is 2.37. The Morgan fingerprint density at radius 2 is 1.61 bits per heavy atom. The molecule has 13 heteroatoms. The number of halogens is 4. The highest BCUT2D eigenvalue weighted by molar-refractivity contribution is 6.30. The predicted octanol–water partition coefficient (Wildman–Crippen LogP) is 5.09. The Morgan fingerprint density at radius 1 is 0.972 bits per heavy atom. The van der Waals surface area contributed by atoms with Crippen molar-refractivity contribution >= 4 is 41.1 Å². The van der Waals surface area contributed by atoms with E-state index in [1.165, 1.54) is 28.1 Å². The van der Waals surface area contributed by atoms with Gasteiger partial charge >= 0.3 is 18.3 Å². The number of aromatic nitrogens is 1. The molecule has 1 aliphatic rings. The third-order valence-corrected chi connectivity index (χ3v) is 5.26. The summed E-state index contributed by atoms with van der Waals surface area (Å²) in [6.45, 7) is 5.58. The number of anilines is 2. The summed E-state index contributed by atoms with van der Waals surface area (Å²) in [5.74, 6) is -0.835. The maximum absolute atomic E-state index is 13.7. The highest BCUT2D eigenvalue weighted by Crippen LogP contribution is 2.37. The number of pyridine rings is 1. The second-order valence-corrected chi connectivity index (χ2v) is 9.36. The minimum absolute atomic E-state index is 0.0650. The topological polar surface area (TPSA) is 104 Å². The van der Waals surface area contributed by atoms with Crippen molar-refractivity contribution in [3.8, 4) is 0 Å². The number of hydrogen-bond acceptors (Lipinski definition) is 5. The van der Waals surface area contributed by atoms with Gasteiger partial charge in [0.1, 0.15) is 11.4 Å². The molecule has 9 nitrogen and oxygen atoms in total. The SMILES string of the molecule is CC(C)(C)OC(=O)N1CCN(C(=O)Nc2c(C(=O)Nc3ccc(Cl)cn3)cccc2C(F)(F)F)CC1. The van der Waals surface area contributed by atoms with Gasteiger partial charge in [-0.3, -0.25) is 4.79 Å². The molecule has 1 aromatic heterocycles. The Kier molecular flexibility index (Phi) is 7.97. The number of rotatable bonds is 3. The summed E-state index contributed by atoms with van der Waals surface area (Å²) in [4.78, 5) is 44.5. The molecule has 3 rings (SSSR count). The van der Waals surface area contributed by atoms with E-state index in [0.717, 1.165) is 18.2 Å². The molecule has 2 N–H and O–H groups in total. The van der Waals surface area contributed by atoms with Crippen LogP contribution in [0.3, 0.4) is 0 Å². The minimum Gasteiger partial charge on any atom is -0.444 e. The lowest BCUT2D eigenvalue weighted by Gasteiger charge is -2.35. The first kappa shape index (κ1) is 27.1. The molecular weight excluding hydrogens is 503 g/mol. The number of benzene rings is 1. The lowest BCUT2D eigenvalue weighted by molar-refractivity contribution is -0.136. The summed E-state index contributed by atoms with van der Waals surface area (Å²) >= 11 is 5.77. The third kappa shape index (κ3) is 7.00. The van der Waals surface area contributed by atoms with Gasteiger partial charge in [0.05, 0.1) is 21.8 Å². The van der Waals surface area contributed by atoms with Gasteiger partial charge in [-0.1, -0.05) is 17.7 Å². The number of urea groups is 1. The van der Waals surface area contributed by atoms with Crippen LogP contribution in [-0.2, 0) is 10.9 Å². The maximum Gasteiger partial charge on any atom is 0.418 e.